The molecule has 0 saturated carbocycles. The lowest BCUT2D eigenvalue weighted by atomic mass is 9.96. The molecule has 1 aromatic heterocycles. The Bertz CT molecular complexity index is 1380. The average Bonchev–Trinajstić information content (AvgIpc) is 3.28. The zero-order valence-electron chi connectivity index (χ0n) is 21.2. The third kappa shape index (κ3) is 5.67. The van der Waals surface area contributed by atoms with Gasteiger partial charge >= 0.3 is 5.97 Å². The monoisotopic (exact) mass is 499 g/mol. The summed E-state index contributed by atoms with van der Waals surface area (Å²) in [4.78, 5) is 25.7. The summed E-state index contributed by atoms with van der Waals surface area (Å²) in [5, 5.41) is 10.3. The molecule has 0 bridgehead atoms. The molecular weight excluding hydrogens is 470 g/mol. The lowest BCUT2D eigenvalue weighted by Crippen LogP contribution is -2.15. The largest absolute Gasteiger partial charge is 0.497 e. The topological polar surface area (TPSA) is 87.0 Å². The first-order chi connectivity index (χ1) is 17.8. The van der Waals surface area contributed by atoms with E-state index in [0.29, 0.717) is 33.8 Å². The highest BCUT2D eigenvalue weighted by Gasteiger charge is 2.25. The summed E-state index contributed by atoms with van der Waals surface area (Å²) in [5.74, 6) is 0.675. The van der Waals surface area contributed by atoms with Crippen LogP contribution in [0.15, 0.2) is 79.0 Å². The summed E-state index contributed by atoms with van der Waals surface area (Å²) in [7, 11) is 3.13. The number of ether oxygens (including phenoxy) is 3. The van der Waals surface area contributed by atoms with Gasteiger partial charge in [-0.2, -0.15) is 0 Å². The van der Waals surface area contributed by atoms with Gasteiger partial charge in [-0.05, 0) is 73.5 Å². The number of hydrogen-bond acceptors (Lipinski definition) is 5. The number of rotatable bonds is 10. The molecule has 0 unspecified atom stereocenters. The molecule has 3 aromatic carbocycles. The van der Waals surface area contributed by atoms with Crippen molar-refractivity contribution in [3.8, 4) is 39.5 Å². The van der Waals surface area contributed by atoms with Crippen molar-refractivity contribution >= 4 is 11.8 Å². The van der Waals surface area contributed by atoms with Crippen LogP contribution in [-0.4, -0.2) is 41.7 Å². The fraction of sp³-hybridized carbons (Fsp3) is 0.200. The van der Waals surface area contributed by atoms with Crippen LogP contribution >= 0.6 is 0 Å². The molecule has 0 amide bonds. The van der Waals surface area contributed by atoms with Crippen LogP contribution < -0.4 is 14.2 Å². The fourth-order valence-electron chi connectivity index (χ4n) is 4.19. The van der Waals surface area contributed by atoms with E-state index in [1.54, 1.807) is 56.8 Å². The zero-order chi connectivity index (χ0) is 26.5. The average molecular weight is 500 g/mol. The lowest BCUT2D eigenvalue weighted by molar-refractivity contribution is 0.0686. The molecule has 7 heteroatoms. The van der Waals surface area contributed by atoms with Crippen LogP contribution in [0.4, 0.5) is 0 Å². The van der Waals surface area contributed by atoms with E-state index in [1.165, 1.54) is 4.57 Å². The molecule has 0 spiro atoms. The Morgan fingerprint density at radius 2 is 1.30 bits per heavy atom. The summed E-state index contributed by atoms with van der Waals surface area (Å²) >= 11 is 0. The van der Waals surface area contributed by atoms with Crippen LogP contribution in [0.2, 0.25) is 0 Å². The van der Waals surface area contributed by atoms with Crippen LogP contribution in [0.25, 0.3) is 22.3 Å². The number of aromatic carboxylic acids is 1. The number of benzene rings is 3. The highest BCUT2D eigenvalue weighted by Crippen LogP contribution is 2.38. The molecule has 1 heterocycles. The van der Waals surface area contributed by atoms with E-state index >= 15 is 0 Å². The number of carbonyl (C=O) groups is 2. The molecule has 190 valence electrons. The van der Waals surface area contributed by atoms with Gasteiger partial charge in [0.05, 0.1) is 26.9 Å². The van der Waals surface area contributed by atoms with E-state index in [9.17, 15) is 14.7 Å². The van der Waals surface area contributed by atoms with Gasteiger partial charge in [-0.1, -0.05) is 24.3 Å². The maximum absolute atomic E-state index is 13.1. The molecule has 4 aromatic rings. The molecule has 7 nitrogen and oxygen atoms in total. The van der Waals surface area contributed by atoms with Crippen LogP contribution in [0, 0.1) is 0 Å². The molecule has 0 aliphatic carbocycles. The highest BCUT2D eigenvalue weighted by molar-refractivity contribution is 6.02. The molecule has 0 radical (unpaired) electrons. The second kappa shape index (κ2) is 11.0. The van der Waals surface area contributed by atoms with E-state index in [0.717, 1.165) is 11.3 Å². The Morgan fingerprint density at radius 3 is 1.81 bits per heavy atom. The van der Waals surface area contributed by atoms with Gasteiger partial charge in [0.1, 0.15) is 22.9 Å². The van der Waals surface area contributed by atoms with Gasteiger partial charge in [-0.25, -0.2) is 4.79 Å². The minimum absolute atomic E-state index is 0.0318. The van der Waals surface area contributed by atoms with Crippen LogP contribution in [-0.2, 0) is 6.54 Å². The van der Waals surface area contributed by atoms with Crippen LogP contribution in [0.5, 0.6) is 17.2 Å². The first kappa shape index (κ1) is 25.6. The van der Waals surface area contributed by atoms with E-state index in [2.05, 4.69) is 0 Å². The third-order valence-corrected chi connectivity index (χ3v) is 5.92. The Morgan fingerprint density at radius 1 is 0.784 bits per heavy atom. The highest BCUT2D eigenvalue weighted by atomic mass is 16.5. The standard InChI is InChI=1S/C30H29NO6/c1-19(2)37-25-15-5-20(6-16-25)26-17-31(18-27(32)21-7-11-23(35-3)12-8-21)29(30(33)34)28(26)22-9-13-24(36-4)14-10-22/h5-17,19H,18H2,1-4H3,(H,33,34). The molecule has 0 fully saturated rings. The van der Waals surface area contributed by atoms with Crippen molar-refractivity contribution in [1.29, 1.82) is 0 Å². The normalized spacial score (nSPS) is 10.8. The van der Waals surface area contributed by atoms with Gasteiger partial charge < -0.3 is 23.9 Å². The molecule has 0 saturated heterocycles. The van der Waals surface area contributed by atoms with Gasteiger partial charge in [-0.3, -0.25) is 4.79 Å². The molecule has 4 rings (SSSR count). The first-order valence-corrected chi connectivity index (χ1v) is 11.9. The van der Waals surface area contributed by atoms with Crippen molar-refractivity contribution < 1.29 is 28.9 Å². The van der Waals surface area contributed by atoms with Crippen LogP contribution in [0.3, 0.4) is 0 Å². The fourth-order valence-corrected chi connectivity index (χ4v) is 4.19. The van der Waals surface area contributed by atoms with Gasteiger partial charge in [0, 0.05) is 22.9 Å². The number of carboxylic acids is 1. The number of hydrogen-bond donors (Lipinski definition) is 1. The third-order valence-electron chi connectivity index (χ3n) is 5.92. The van der Waals surface area contributed by atoms with E-state index in [1.807, 2.05) is 50.2 Å². The summed E-state index contributed by atoms with van der Waals surface area (Å²) < 4.78 is 17.7. The molecule has 0 aliphatic heterocycles. The first-order valence-electron chi connectivity index (χ1n) is 11.9. The second-order valence-corrected chi connectivity index (χ2v) is 8.77. The van der Waals surface area contributed by atoms with Crippen molar-refractivity contribution in [1.82, 2.24) is 4.57 Å². The van der Waals surface area contributed by atoms with E-state index < -0.39 is 5.97 Å². The van der Waals surface area contributed by atoms with Crippen LogP contribution in [0.1, 0.15) is 34.7 Å². The molecule has 1 N–H and O–H groups in total. The van der Waals surface area contributed by atoms with Crippen molar-refractivity contribution in [3.63, 3.8) is 0 Å². The number of carboxylic acid groups (broad SMARTS) is 1. The maximum atomic E-state index is 13.1. The van der Waals surface area contributed by atoms with Crippen molar-refractivity contribution in [3.05, 3.63) is 90.3 Å². The number of carbonyl (C=O) groups excluding carboxylic acids is 1. The lowest BCUT2D eigenvalue weighted by Gasteiger charge is -2.11. The maximum Gasteiger partial charge on any atom is 0.353 e. The summed E-state index contributed by atoms with van der Waals surface area (Å²) in [6.07, 6.45) is 1.76. The number of aromatic nitrogens is 1. The minimum atomic E-state index is -1.13. The molecular formula is C30H29NO6. The Labute approximate surface area is 215 Å². The minimum Gasteiger partial charge on any atom is -0.497 e. The molecule has 0 aliphatic rings. The number of methoxy groups -OCH3 is 2. The number of nitrogens with zero attached hydrogens (tertiary/aromatic N) is 1. The number of ketones is 1. The Kier molecular flexibility index (Phi) is 7.63. The van der Waals surface area contributed by atoms with Gasteiger partial charge in [0.25, 0.3) is 0 Å². The summed E-state index contributed by atoms with van der Waals surface area (Å²) in [6.45, 7) is 3.77. The Hall–Kier alpha value is -4.52. The Balaban J connectivity index is 1.82. The van der Waals surface area contributed by atoms with Crippen molar-refractivity contribution in [2.45, 2.75) is 26.5 Å². The predicted molar refractivity (Wildman–Crippen MR) is 142 cm³/mol. The van der Waals surface area contributed by atoms with E-state index in [-0.39, 0.29) is 24.1 Å². The van der Waals surface area contributed by atoms with Crippen molar-refractivity contribution in [2.75, 3.05) is 14.2 Å². The smallest absolute Gasteiger partial charge is 0.353 e. The number of Topliss-reactive ketones (excluding diaryl/α,β-unsaturated/α-hetero) is 1. The summed E-state index contributed by atoms with van der Waals surface area (Å²) in [5.41, 5.74) is 3.22. The quantitative estimate of drug-likeness (QED) is 0.261. The van der Waals surface area contributed by atoms with Crippen molar-refractivity contribution in [2.24, 2.45) is 0 Å². The SMILES string of the molecule is COc1ccc(C(=O)Cn2cc(-c3ccc(OC(C)C)cc3)c(-c3ccc(OC)cc3)c2C(=O)O)cc1. The molecule has 0 atom stereocenters. The van der Waals surface area contributed by atoms with E-state index in [4.69, 9.17) is 14.2 Å². The van der Waals surface area contributed by atoms with Gasteiger partial charge in [0.15, 0.2) is 5.78 Å². The van der Waals surface area contributed by atoms with Gasteiger partial charge in [-0.15, -0.1) is 0 Å². The van der Waals surface area contributed by atoms with Gasteiger partial charge in [0.2, 0.25) is 0 Å². The predicted octanol–water partition coefficient (Wildman–Crippen LogP) is 6.21. The molecule has 37 heavy (non-hydrogen) atoms. The summed E-state index contributed by atoms with van der Waals surface area (Å²) in [6, 6.07) is 21.4. The zero-order valence-corrected chi connectivity index (χ0v) is 21.2. The second-order valence-electron chi connectivity index (χ2n) is 8.77.